The van der Waals surface area contributed by atoms with Crippen molar-refractivity contribution in [2.45, 2.75) is 45.6 Å². The fourth-order valence-corrected chi connectivity index (χ4v) is 5.47. The van der Waals surface area contributed by atoms with Gasteiger partial charge in [0.15, 0.2) is 11.4 Å². The largest absolute Gasteiger partial charge is 0.463 e. The molecular formula is C22H26N4O2. The van der Waals surface area contributed by atoms with Gasteiger partial charge in [-0.15, -0.1) is 0 Å². The van der Waals surface area contributed by atoms with Gasteiger partial charge in [0.05, 0.1) is 22.9 Å². The van der Waals surface area contributed by atoms with Crippen molar-refractivity contribution in [3.8, 4) is 11.5 Å². The van der Waals surface area contributed by atoms with Gasteiger partial charge in [0.1, 0.15) is 5.69 Å². The summed E-state index contributed by atoms with van der Waals surface area (Å²) in [5, 5.41) is 8.59. The molecule has 2 bridgehead atoms. The predicted octanol–water partition coefficient (Wildman–Crippen LogP) is 4.09. The number of carbonyl (C=O) groups is 1. The van der Waals surface area contributed by atoms with E-state index in [2.05, 4.69) is 17.3 Å². The summed E-state index contributed by atoms with van der Waals surface area (Å²) in [5.74, 6) is 2.84. The summed E-state index contributed by atoms with van der Waals surface area (Å²) in [6.07, 6.45) is 6.90. The lowest BCUT2D eigenvalue weighted by molar-refractivity contribution is 0.0917. The predicted molar refractivity (Wildman–Crippen MR) is 107 cm³/mol. The molecular weight excluding hydrogens is 352 g/mol. The number of hydrogen-bond donors (Lipinski definition) is 1. The van der Waals surface area contributed by atoms with Crippen molar-refractivity contribution in [2.24, 2.45) is 24.8 Å². The standard InChI is InChI=1S/C22H26N4O2/c1-12(16-10-14-6-7-15(16)9-14)23-22(27)17-11-18(19-5-4-8-28-19)24-21-20(17)13(2)25-26(21)3/h4-5,8,11-12,14-16H,6-7,9-10H2,1-3H3,(H,23,27)/t12-,14+,15+,16+/m1/s1. The van der Waals surface area contributed by atoms with Crippen molar-refractivity contribution in [3.05, 3.63) is 35.7 Å². The maximum Gasteiger partial charge on any atom is 0.252 e. The Bertz CT molecular complexity index is 1040. The van der Waals surface area contributed by atoms with Gasteiger partial charge >= 0.3 is 0 Å². The van der Waals surface area contributed by atoms with Crippen LogP contribution in [0, 0.1) is 24.7 Å². The number of pyridine rings is 1. The lowest BCUT2D eigenvalue weighted by Gasteiger charge is -2.28. The number of furan rings is 1. The van der Waals surface area contributed by atoms with Gasteiger partial charge in [0.2, 0.25) is 0 Å². The van der Waals surface area contributed by atoms with Gasteiger partial charge in [-0.2, -0.15) is 5.10 Å². The van der Waals surface area contributed by atoms with E-state index < -0.39 is 0 Å². The molecule has 6 nitrogen and oxygen atoms in total. The van der Waals surface area contributed by atoms with Crippen molar-refractivity contribution in [1.82, 2.24) is 20.1 Å². The molecule has 0 aromatic carbocycles. The van der Waals surface area contributed by atoms with Crippen LogP contribution in [0.1, 0.15) is 48.7 Å². The van der Waals surface area contributed by atoms with Crippen LogP contribution in [0.2, 0.25) is 0 Å². The topological polar surface area (TPSA) is 73.0 Å². The van der Waals surface area contributed by atoms with Gasteiger partial charge in [0.25, 0.3) is 5.91 Å². The molecule has 2 aliphatic carbocycles. The van der Waals surface area contributed by atoms with Crippen LogP contribution >= 0.6 is 0 Å². The van der Waals surface area contributed by atoms with Gasteiger partial charge in [-0.1, -0.05) is 6.42 Å². The van der Waals surface area contributed by atoms with E-state index in [9.17, 15) is 4.79 Å². The van der Waals surface area contributed by atoms with Crippen molar-refractivity contribution in [3.63, 3.8) is 0 Å². The molecule has 0 aliphatic heterocycles. The van der Waals surface area contributed by atoms with Crippen LogP contribution < -0.4 is 5.32 Å². The smallest absolute Gasteiger partial charge is 0.252 e. The average molecular weight is 378 g/mol. The number of nitrogens with zero attached hydrogens (tertiary/aromatic N) is 3. The van der Waals surface area contributed by atoms with E-state index in [0.29, 0.717) is 28.6 Å². The molecule has 4 atom stereocenters. The van der Waals surface area contributed by atoms with E-state index in [-0.39, 0.29) is 11.9 Å². The molecule has 3 heterocycles. The summed E-state index contributed by atoms with van der Waals surface area (Å²) in [7, 11) is 1.85. The Hall–Kier alpha value is -2.63. The highest BCUT2D eigenvalue weighted by molar-refractivity contribution is 6.07. The van der Waals surface area contributed by atoms with Gasteiger partial charge in [0, 0.05) is 13.1 Å². The maximum atomic E-state index is 13.3. The maximum absolute atomic E-state index is 13.3. The third kappa shape index (κ3) is 2.74. The molecule has 1 amide bonds. The van der Waals surface area contributed by atoms with Crippen LogP contribution in [-0.2, 0) is 7.05 Å². The highest BCUT2D eigenvalue weighted by Crippen LogP contribution is 2.49. The Morgan fingerprint density at radius 3 is 2.89 bits per heavy atom. The molecule has 2 fully saturated rings. The summed E-state index contributed by atoms with van der Waals surface area (Å²) in [5.41, 5.74) is 2.79. The monoisotopic (exact) mass is 378 g/mol. The average Bonchev–Trinajstić information content (AvgIpc) is 3.46. The number of hydrogen-bond acceptors (Lipinski definition) is 4. The number of aryl methyl sites for hydroxylation is 2. The highest BCUT2D eigenvalue weighted by atomic mass is 16.3. The normalized spacial score (nSPS) is 24.8. The first kappa shape index (κ1) is 17.5. The molecule has 0 saturated heterocycles. The molecule has 2 aliphatic rings. The first-order valence-corrected chi connectivity index (χ1v) is 10.2. The van der Waals surface area contributed by atoms with Crippen molar-refractivity contribution in [1.29, 1.82) is 0 Å². The van der Waals surface area contributed by atoms with Crippen LogP contribution in [0.5, 0.6) is 0 Å². The van der Waals surface area contributed by atoms with E-state index in [0.717, 1.165) is 22.9 Å². The Labute approximate surface area is 164 Å². The van der Waals surface area contributed by atoms with Gasteiger partial charge in [-0.3, -0.25) is 9.48 Å². The van der Waals surface area contributed by atoms with Gasteiger partial charge in [-0.25, -0.2) is 4.98 Å². The number of rotatable bonds is 4. The van der Waals surface area contributed by atoms with Gasteiger partial charge in [-0.05, 0) is 69.1 Å². The van der Waals surface area contributed by atoms with Crippen LogP contribution in [-0.4, -0.2) is 26.7 Å². The van der Waals surface area contributed by atoms with E-state index in [1.807, 2.05) is 32.2 Å². The third-order valence-corrected chi connectivity index (χ3v) is 6.78. The molecule has 5 rings (SSSR count). The van der Waals surface area contributed by atoms with Crippen molar-refractivity contribution in [2.75, 3.05) is 0 Å². The van der Waals surface area contributed by atoms with Crippen LogP contribution in [0.25, 0.3) is 22.5 Å². The number of amides is 1. The molecule has 0 radical (unpaired) electrons. The zero-order valence-corrected chi connectivity index (χ0v) is 16.6. The molecule has 28 heavy (non-hydrogen) atoms. The second kappa shape index (κ2) is 6.47. The lowest BCUT2D eigenvalue weighted by atomic mass is 9.84. The summed E-state index contributed by atoms with van der Waals surface area (Å²) < 4.78 is 7.25. The summed E-state index contributed by atoms with van der Waals surface area (Å²) in [4.78, 5) is 18.0. The highest BCUT2D eigenvalue weighted by Gasteiger charge is 2.42. The lowest BCUT2D eigenvalue weighted by Crippen LogP contribution is -2.40. The number of fused-ring (bicyclic) bond motifs is 3. The Kier molecular flexibility index (Phi) is 4.03. The van der Waals surface area contributed by atoms with Gasteiger partial charge < -0.3 is 9.73 Å². The number of aromatic nitrogens is 3. The zero-order valence-electron chi connectivity index (χ0n) is 16.6. The Morgan fingerprint density at radius 2 is 2.21 bits per heavy atom. The summed E-state index contributed by atoms with van der Waals surface area (Å²) in [6.45, 7) is 4.08. The molecule has 0 spiro atoms. The zero-order chi connectivity index (χ0) is 19.4. The van der Waals surface area contributed by atoms with Crippen molar-refractivity contribution >= 4 is 16.9 Å². The minimum atomic E-state index is -0.0495. The second-order valence-corrected chi connectivity index (χ2v) is 8.54. The summed E-state index contributed by atoms with van der Waals surface area (Å²) in [6, 6.07) is 5.69. The van der Waals surface area contributed by atoms with E-state index in [1.54, 1.807) is 10.9 Å². The Balaban J connectivity index is 1.51. The van der Waals surface area contributed by atoms with E-state index >= 15 is 0 Å². The SMILES string of the molecule is Cc1nn(C)c2nc(-c3ccco3)cc(C(=O)N[C@H](C)[C@@H]3C[C@H]4CC[C@H]3C4)c12. The Morgan fingerprint density at radius 1 is 1.36 bits per heavy atom. The summed E-state index contributed by atoms with van der Waals surface area (Å²) >= 11 is 0. The van der Waals surface area contributed by atoms with Crippen LogP contribution in [0.15, 0.2) is 28.9 Å². The van der Waals surface area contributed by atoms with Crippen LogP contribution in [0.4, 0.5) is 0 Å². The number of carbonyl (C=O) groups excluding carboxylic acids is 1. The fraction of sp³-hybridized carbons (Fsp3) is 0.500. The first-order valence-electron chi connectivity index (χ1n) is 10.2. The van der Waals surface area contributed by atoms with E-state index in [4.69, 9.17) is 9.40 Å². The molecule has 0 unspecified atom stereocenters. The second-order valence-electron chi connectivity index (χ2n) is 8.54. The van der Waals surface area contributed by atoms with Crippen molar-refractivity contribution < 1.29 is 9.21 Å². The third-order valence-electron chi connectivity index (χ3n) is 6.78. The minimum Gasteiger partial charge on any atom is -0.463 e. The molecule has 6 heteroatoms. The van der Waals surface area contributed by atoms with E-state index in [1.165, 1.54) is 25.7 Å². The molecule has 3 aromatic rings. The molecule has 3 aromatic heterocycles. The molecule has 2 saturated carbocycles. The first-order chi connectivity index (χ1) is 13.5. The molecule has 1 N–H and O–H groups in total. The quantitative estimate of drug-likeness (QED) is 0.742. The molecule has 146 valence electrons. The van der Waals surface area contributed by atoms with Crippen LogP contribution in [0.3, 0.4) is 0 Å². The number of nitrogens with one attached hydrogen (secondary N) is 1. The minimum absolute atomic E-state index is 0.0495. The fourth-order valence-electron chi connectivity index (χ4n) is 5.47.